The first-order valence-electron chi connectivity index (χ1n) is 5.92. The second kappa shape index (κ2) is 4.04. The molecular formula is C12H12F3N3O. The van der Waals surface area contributed by atoms with Crippen LogP contribution >= 0.6 is 0 Å². The van der Waals surface area contributed by atoms with E-state index in [0.29, 0.717) is 16.8 Å². The van der Waals surface area contributed by atoms with Gasteiger partial charge in [-0.05, 0) is 31.0 Å². The van der Waals surface area contributed by atoms with Crippen LogP contribution in [0.5, 0.6) is 0 Å². The van der Waals surface area contributed by atoms with Gasteiger partial charge in [0.05, 0.1) is 0 Å². The van der Waals surface area contributed by atoms with Gasteiger partial charge in [0.2, 0.25) is 0 Å². The van der Waals surface area contributed by atoms with Crippen LogP contribution in [0.4, 0.5) is 24.9 Å². The second-order valence-corrected chi connectivity index (χ2v) is 4.70. The van der Waals surface area contributed by atoms with E-state index >= 15 is 0 Å². The third-order valence-electron chi connectivity index (χ3n) is 2.98. The summed E-state index contributed by atoms with van der Waals surface area (Å²) in [6.45, 7) is -1.04. The maximum atomic E-state index is 12.6. The maximum Gasteiger partial charge on any atom is 0.406 e. The van der Waals surface area contributed by atoms with Crippen molar-refractivity contribution in [3.8, 4) is 0 Å². The zero-order valence-corrected chi connectivity index (χ0v) is 9.94. The van der Waals surface area contributed by atoms with Crippen molar-refractivity contribution in [2.75, 3.05) is 17.2 Å². The molecule has 1 aliphatic carbocycles. The first kappa shape index (κ1) is 12.1. The number of hydrogen-bond acceptors (Lipinski definition) is 4. The Bertz CT molecular complexity index is 604. The molecule has 1 saturated carbocycles. The minimum atomic E-state index is -4.28. The van der Waals surface area contributed by atoms with E-state index in [4.69, 9.17) is 10.2 Å². The van der Waals surface area contributed by atoms with Gasteiger partial charge in [0.25, 0.3) is 6.01 Å². The molecule has 1 heterocycles. The van der Waals surface area contributed by atoms with E-state index in [2.05, 4.69) is 4.98 Å². The van der Waals surface area contributed by atoms with Gasteiger partial charge in [0.15, 0.2) is 5.58 Å². The lowest BCUT2D eigenvalue weighted by molar-refractivity contribution is -0.120. The number of halogens is 3. The predicted molar refractivity (Wildman–Crippen MR) is 64.8 cm³/mol. The summed E-state index contributed by atoms with van der Waals surface area (Å²) in [5, 5.41) is 0. The van der Waals surface area contributed by atoms with Gasteiger partial charge in [0.1, 0.15) is 12.1 Å². The molecule has 0 amide bonds. The Labute approximate surface area is 107 Å². The van der Waals surface area contributed by atoms with E-state index in [9.17, 15) is 13.2 Å². The molecule has 3 rings (SSSR count). The molecule has 1 aromatic heterocycles. The van der Waals surface area contributed by atoms with Crippen molar-refractivity contribution in [3.05, 3.63) is 18.2 Å². The van der Waals surface area contributed by atoms with E-state index in [1.807, 2.05) is 0 Å². The average Bonchev–Trinajstić information content (AvgIpc) is 3.05. The highest BCUT2D eigenvalue weighted by Crippen LogP contribution is 2.35. The molecule has 0 atom stereocenters. The van der Waals surface area contributed by atoms with Gasteiger partial charge >= 0.3 is 6.18 Å². The quantitative estimate of drug-likeness (QED) is 0.872. The lowest BCUT2D eigenvalue weighted by Gasteiger charge is -2.21. The van der Waals surface area contributed by atoms with Crippen molar-refractivity contribution in [1.29, 1.82) is 0 Å². The Morgan fingerprint density at radius 3 is 2.74 bits per heavy atom. The van der Waals surface area contributed by atoms with Crippen LogP contribution in [0.2, 0.25) is 0 Å². The summed E-state index contributed by atoms with van der Waals surface area (Å²) in [5.74, 6) is 0. The second-order valence-electron chi connectivity index (χ2n) is 4.70. The Morgan fingerprint density at radius 2 is 2.11 bits per heavy atom. The number of nitrogen functional groups attached to an aromatic ring is 1. The van der Waals surface area contributed by atoms with Crippen LogP contribution in [-0.2, 0) is 0 Å². The van der Waals surface area contributed by atoms with Gasteiger partial charge < -0.3 is 15.1 Å². The van der Waals surface area contributed by atoms with Crippen molar-refractivity contribution in [1.82, 2.24) is 4.98 Å². The summed E-state index contributed by atoms with van der Waals surface area (Å²) in [6.07, 6.45) is -2.81. The van der Waals surface area contributed by atoms with Gasteiger partial charge in [0, 0.05) is 11.7 Å². The summed E-state index contributed by atoms with van der Waals surface area (Å²) in [6, 6.07) is 4.70. The number of benzene rings is 1. The van der Waals surface area contributed by atoms with Crippen LogP contribution in [0.15, 0.2) is 22.6 Å². The summed E-state index contributed by atoms with van der Waals surface area (Å²) in [4.78, 5) is 5.28. The molecule has 102 valence electrons. The standard InChI is InChI=1S/C12H12F3N3O/c13-12(14,15)6-18(8-2-3-8)11-17-9-5-7(16)1-4-10(9)19-11/h1,4-5,8H,2-3,6,16H2. The van der Waals surface area contributed by atoms with E-state index < -0.39 is 12.7 Å². The Morgan fingerprint density at radius 1 is 1.37 bits per heavy atom. The molecule has 0 aliphatic heterocycles. The van der Waals surface area contributed by atoms with Crippen LogP contribution in [0.1, 0.15) is 12.8 Å². The molecular weight excluding hydrogens is 259 g/mol. The number of anilines is 2. The molecule has 0 saturated heterocycles. The number of fused-ring (bicyclic) bond motifs is 1. The van der Waals surface area contributed by atoms with E-state index in [1.54, 1.807) is 18.2 Å². The van der Waals surface area contributed by atoms with Gasteiger partial charge in [-0.15, -0.1) is 0 Å². The van der Waals surface area contributed by atoms with Gasteiger partial charge in [-0.2, -0.15) is 18.2 Å². The molecule has 0 spiro atoms. The number of nitrogens with two attached hydrogens (primary N) is 1. The summed E-state index contributed by atoms with van der Waals surface area (Å²) in [5.41, 5.74) is 7.03. The molecule has 4 nitrogen and oxygen atoms in total. The number of alkyl halides is 3. The number of rotatable bonds is 3. The highest BCUT2D eigenvalue weighted by atomic mass is 19.4. The number of nitrogens with zero attached hydrogens (tertiary/aromatic N) is 2. The van der Waals surface area contributed by atoms with Gasteiger partial charge in [-0.3, -0.25) is 0 Å². The molecule has 0 bridgehead atoms. The molecule has 1 aromatic carbocycles. The van der Waals surface area contributed by atoms with E-state index in [-0.39, 0.29) is 12.1 Å². The van der Waals surface area contributed by atoms with E-state index in [0.717, 1.165) is 12.8 Å². The normalized spacial score (nSPS) is 15.9. The van der Waals surface area contributed by atoms with Crippen LogP contribution in [0, 0.1) is 0 Å². The Hall–Kier alpha value is -1.92. The smallest absolute Gasteiger partial charge is 0.406 e. The number of hydrogen-bond donors (Lipinski definition) is 1. The SMILES string of the molecule is Nc1ccc2oc(N(CC(F)(F)F)C3CC3)nc2c1. The minimum Gasteiger partial charge on any atom is -0.423 e. The first-order chi connectivity index (χ1) is 8.92. The third-order valence-corrected chi connectivity index (χ3v) is 2.98. The summed E-state index contributed by atoms with van der Waals surface area (Å²) < 4.78 is 43.1. The van der Waals surface area contributed by atoms with Gasteiger partial charge in [-0.1, -0.05) is 0 Å². The first-order valence-corrected chi connectivity index (χ1v) is 5.92. The fourth-order valence-electron chi connectivity index (χ4n) is 1.99. The van der Waals surface area contributed by atoms with Crippen LogP contribution in [-0.4, -0.2) is 23.7 Å². The van der Waals surface area contributed by atoms with Crippen LogP contribution in [0.25, 0.3) is 11.1 Å². The molecule has 0 unspecified atom stereocenters. The Kier molecular flexibility index (Phi) is 2.58. The largest absolute Gasteiger partial charge is 0.423 e. The predicted octanol–water partition coefficient (Wildman–Crippen LogP) is 2.94. The Balaban J connectivity index is 1.95. The molecule has 19 heavy (non-hydrogen) atoms. The van der Waals surface area contributed by atoms with Crippen molar-refractivity contribution in [2.45, 2.75) is 25.1 Å². The van der Waals surface area contributed by atoms with Crippen molar-refractivity contribution in [3.63, 3.8) is 0 Å². The molecule has 7 heteroatoms. The fourth-order valence-corrected chi connectivity index (χ4v) is 1.99. The number of oxazole rings is 1. The highest BCUT2D eigenvalue weighted by molar-refractivity contribution is 5.78. The molecule has 1 fully saturated rings. The summed E-state index contributed by atoms with van der Waals surface area (Å²) in [7, 11) is 0. The molecule has 1 aliphatic rings. The topological polar surface area (TPSA) is 55.3 Å². The lowest BCUT2D eigenvalue weighted by Crippen LogP contribution is -2.36. The number of aromatic nitrogens is 1. The zero-order chi connectivity index (χ0) is 13.6. The van der Waals surface area contributed by atoms with E-state index in [1.165, 1.54) is 4.90 Å². The van der Waals surface area contributed by atoms with Crippen molar-refractivity contribution < 1.29 is 17.6 Å². The van der Waals surface area contributed by atoms with Crippen LogP contribution < -0.4 is 10.6 Å². The molecule has 2 aromatic rings. The monoisotopic (exact) mass is 271 g/mol. The molecule has 0 radical (unpaired) electrons. The minimum absolute atomic E-state index is 0.0143. The van der Waals surface area contributed by atoms with Gasteiger partial charge in [-0.25, -0.2) is 0 Å². The maximum absolute atomic E-state index is 12.6. The summed E-state index contributed by atoms with van der Waals surface area (Å²) >= 11 is 0. The molecule has 2 N–H and O–H groups in total. The fraction of sp³-hybridized carbons (Fsp3) is 0.417. The zero-order valence-electron chi connectivity index (χ0n) is 9.94. The average molecular weight is 271 g/mol. The van der Waals surface area contributed by atoms with Crippen molar-refractivity contribution in [2.24, 2.45) is 0 Å². The van der Waals surface area contributed by atoms with Crippen molar-refractivity contribution >= 4 is 22.8 Å². The lowest BCUT2D eigenvalue weighted by atomic mass is 10.3. The van der Waals surface area contributed by atoms with Crippen LogP contribution in [0.3, 0.4) is 0 Å². The third kappa shape index (κ3) is 2.59. The highest BCUT2D eigenvalue weighted by Gasteiger charge is 2.40.